The Morgan fingerprint density at radius 3 is 2.40 bits per heavy atom. The van der Waals surface area contributed by atoms with E-state index in [4.69, 9.17) is 6.42 Å². The molecule has 0 fully saturated rings. The number of nitrogens with zero attached hydrogens (tertiary/aromatic N) is 1. The lowest BCUT2D eigenvalue weighted by atomic mass is 10.4. The zero-order valence-corrected chi connectivity index (χ0v) is 7.33. The molecule has 0 spiro atoms. The Morgan fingerprint density at radius 1 is 1.60 bits per heavy atom. The van der Waals surface area contributed by atoms with Crippen molar-refractivity contribution in [1.82, 2.24) is 4.37 Å². The lowest BCUT2D eigenvalue weighted by Gasteiger charge is -1.67. The van der Waals surface area contributed by atoms with Crippen molar-refractivity contribution < 1.29 is 0 Å². The number of hydrogen-bond acceptors (Lipinski definition) is 2. The fourth-order valence-corrected chi connectivity index (χ4v) is 0.947. The van der Waals surface area contributed by atoms with E-state index in [9.17, 15) is 0 Å². The predicted octanol–water partition coefficient (Wildman–Crippen LogP) is 2.46. The summed E-state index contributed by atoms with van der Waals surface area (Å²) in [5, 5.41) is 0. The fraction of sp³-hybridized carbons (Fsp3) is 0.375. The first-order valence-corrected chi connectivity index (χ1v) is 4.00. The monoisotopic (exact) mass is 153 g/mol. The van der Waals surface area contributed by atoms with Crippen LogP contribution in [-0.4, -0.2) is 4.37 Å². The summed E-state index contributed by atoms with van der Waals surface area (Å²) in [6, 6.07) is 1.89. The van der Waals surface area contributed by atoms with Gasteiger partial charge < -0.3 is 0 Å². The standard InChI is InChI=1S/C6H5NS.C2H6/c1-3-6-4-5(2)8-7-6;1-2/h1,4H,2H3;1-2H3. The maximum Gasteiger partial charge on any atom is 0.126 e. The maximum absolute atomic E-state index is 5.06. The lowest BCUT2D eigenvalue weighted by Crippen LogP contribution is -1.63. The number of rotatable bonds is 0. The molecule has 0 bridgehead atoms. The summed E-state index contributed by atoms with van der Waals surface area (Å²) in [6.45, 7) is 5.98. The normalized spacial score (nSPS) is 7.40. The average molecular weight is 153 g/mol. The highest BCUT2D eigenvalue weighted by Crippen LogP contribution is 2.05. The van der Waals surface area contributed by atoms with E-state index in [1.807, 2.05) is 26.8 Å². The number of aromatic nitrogens is 1. The smallest absolute Gasteiger partial charge is 0.126 e. The van der Waals surface area contributed by atoms with E-state index in [0.717, 1.165) is 10.6 Å². The molecular formula is C8H11NS. The zero-order valence-electron chi connectivity index (χ0n) is 6.51. The van der Waals surface area contributed by atoms with Gasteiger partial charge >= 0.3 is 0 Å². The molecule has 0 saturated carbocycles. The second-order valence-electron chi connectivity index (χ2n) is 1.47. The highest BCUT2D eigenvalue weighted by atomic mass is 32.1. The summed E-state index contributed by atoms with van der Waals surface area (Å²) in [5.74, 6) is 2.45. The summed E-state index contributed by atoms with van der Waals surface area (Å²) in [5.41, 5.74) is 0.743. The second kappa shape index (κ2) is 5.01. The molecule has 0 aliphatic rings. The first-order valence-electron chi connectivity index (χ1n) is 3.23. The van der Waals surface area contributed by atoms with Gasteiger partial charge in [0.05, 0.1) is 0 Å². The van der Waals surface area contributed by atoms with Crippen molar-refractivity contribution in [2.45, 2.75) is 20.8 Å². The van der Waals surface area contributed by atoms with Crippen LogP contribution in [0.1, 0.15) is 24.4 Å². The van der Waals surface area contributed by atoms with E-state index in [0.29, 0.717) is 0 Å². The van der Waals surface area contributed by atoms with Crippen LogP contribution < -0.4 is 0 Å². The Labute approximate surface area is 66.3 Å². The molecule has 0 N–H and O–H groups in total. The predicted molar refractivity (Wildman–Crippen MR) is 46.1 cm³/mol. The molecule has 0 atom stereocenters. The Kier molecular flexibility index (Phi) is 4.61. The molecule has 2 heteroatoms. The van der Waals surface area contributed by atoms with E-state index in [-0.39, 0.29) is 0 Å². The molecule has 0 amide bonds. The maximum atomic E-state index is 5.06. The summed E-state index contributed by atoms with van der Waals surface area (Å²) in [6.07, 6.45) is 5.06. The van der Waals surface area contributed by atoms with Crippen molar-refractivity contribution in [2.24, 2.45) is 0 Å². The van der Waals surface area contributed by atoms with Gasteiger partial charge in [0.25, 0.3) is 0 Å². The SMILES string of the molecule is C#Cc1cc(C)sn1.CC. The number of aryl methyl sites for hydroxylation is 1. The summed E-state index contributed by atoms with van der Waals surface area (Å²) in [4.78, 5) is 1.16. The first kappa shape index (κ1) is 9.19. The molecule has 1 rings (SSSR count). The van der Waals surface area contributed by atoms with E-state index in [2.05, 4.69) is 10.3 Å². The summed E-state index contributed by atoms with van der Waals surface area (Å²) < 4.78 is 3.94. The van der Waals surface area contributed by atoms with Crippen LogP contribution in [0.5, 0.6) is 0 Å². The minimum atomic E-state index is 0.743. The zero-order chi connectivity index (χ0) is 7.98. The van der Waals surface area contributed by atoms with E-state index < -0.39 is 0 Å². The molecule has 54 valence electrons. The first-order chi connectivity index (χ1) is 4.83. The van der Waals surface area contributed by atoms with E-state index in [1.165, 1.54) is 11.5 Å². The average Bonchev–Trinajstić information content (AvgIpc) is 2.40. The van der Waals surface area contributed by atoms with Crippen LogP contribution >= 0.6 is 11.5 Å². The van der Waals surface area contributed by atoms with E-state index in [1.54, 1.807) is 0 Å². The Bertz CT molecular complexity index is 219. The fourth-order valence-electron chi connectivity index (χ4n) is 0.434. The molecule has 0 aliphatic heterocycles. The van der Waals surface area contributed by atoms with Crippen LogP contribution in [0, 0.1) is 19.3 Å². The van der Waals surface area contributed by atoms with Crippen LogP contribution in [0.3, 0.4) is 0 Å². The Hall–Kier alpha value is -0.810. The van der Waals surface area contributed by atoms with Crippen molar-refractivity contribution in [1.29, 1.82) is 0 Å². The van der Waals surface area contributed by atoms with Crippen molar-refractivity contribution in [2.75, 3.05) is 0 Å². The Morgan fingerprint density at radius 2 is 2.20 bits per heavy atom. The van der Waals surface area contributed by atoms with E-state index >= 15 is 0 Å². The molecule has 0 unspecified atom stereocenters. The molecule has 0 aromatic carbocycles. The molecule has 0 aliphatic carbocycles. The molecule has 1 aromatic heterocycles. The third-order valence-corrected chi connectivity index (χ3v) is 1.47. The Balaban J connectivity index is 0.000000371. The van der Waals surface area contributed by atoms with Gasteiger partial charge in [0.2, 0.25) is 0 Å². The van der Waals surface area contributed by atoms with Gasteiger partial charge in [-0.05, 0) is 30.4 Å². The highest BCUT2D eigenvalue weighted by molar-refractivity contribution is 7.05. The van der Waals surface area contributed by atoms with Crippen molar-refractivity contribution >= 4 is 11.5 Å². The molecule has 0 radical (unpaired) electrons. The van der Waals surface area contributed by atoms with Crippen LogP contribution in [0.25, 0.3) is 0 Å². The van der Waals surface area contributed by atoms with Crippen LogP contribution in [0.4, 0.5) is 0 Å². The van der Waals surface area contributed by atoms with Crippen LogP contribution in [0.15, 0.2) is 6.07 Å². The quantitative estimate of drug-likeness (QED) is 0.522. The van der Waals surface area contributed by atoms with Gasteiger partial charge in [0.15, 0.2) is 0 Å². The van der Waals surface area contributed by atoms with Gasteiger partial charge in [-0.1, -0.05) is 13.8 Å². The second-order valence-corrected chi connectivity index (χ2v) is 2.48. The van der Waals surface area contributed by atoms with Crippen molar-refractivity contribution in [3.63, 3.8) is 0 Å². The number of hydrogen-bond donors (Lipinski definition) is 0. The van der Waals surface area contributed by atoms with Crippen LogP contribution in [0.2, 0.25) is 0 Å². The van der Waals surface area contributed by atoms with Crippen molar-refractivity contribution in [3.05, 3.63) is 16.6 Å². The molecular weight excluding hydrogens is 142 g/mol. The van der Waals surface area contributed by atoms with Gasteiger partial charge in [-0.2, -0.15) is 4.37 Å². The minimum absolute atomic E-state index is 0.743. The van der Waals surface area contributed by atoms with Gasteiger partial charge in [-0.25, -0.2) is 0 Å². The minimum Gasteiger partial charge on any atom is -0.184 e. The van der Waals surface area contributed by atoms with Gasteiger partial charge in [-0.3, -0.25) is 0 Å². The summed E-state index contributed by atoms with van der Waals surface area (Å²) in [7, 11) is 0. The van der Waals surface area contributed by atoms with Gasteiger partial charge in [0.1, 0.15) is 5.69 Å². The topological polar surface area (TPSA) is 12.9 Å². The highest BCUT2D eigenvalue weighted by Gasteiger charge is 1.89. The number of terminal acetylenes is 1. The third kappa shape index (κ3) is 2.65. The van der Waals surface area contributed by atoms with Crippen molar-refractivity contribution in [3.8, 4) is 12.3 Å². The largest absolute Gasteiger partial charge is 0.184 e. The van der Waals surface area contributed by atoms with Gasteiger partial charge in [-0.15, -0.1) is 6.42 Å². The molecule has 1 heterocycles. The molecule has 1 aromatic rings. The molecule has 10 heavy (non-hydrogen) atoms. The van der Waals surface area contributed by atoms with Crippen LogP contribution in [-0.2, 0) is 0 Å². The lowest BCUT2D eigenvalue weighted by molar-refractivity contribution is 1.49. The third-order valence-electron chi connectivity index (χ3n) is 0.776. The molecule has 1 nitrogen and oxygen atoms in total. The summed E-state index contributed by atoms with van der Waals surface area (Å²) >= 11 is 1.44. The molecule has 0 saturated heterocycles. The van der Waals surface area contributed by atoms with Gasteiger partial charge in [0, 0.05) is 4.88 Å².